The van der Waals surface area contributed by atoms with Crippen LogP contribution in [0.15, 0.2) is 16.8 Å². The fourth-order valence-corrected chi connectivity index (χ4v) is 4.74. The summed E-state index contributed by atoms with van der Waals surface area (Å²) in [6.07, 6.45) is -1.39. The van der Waals surface area contributed by atoms with E-state index in [9.17, 15) is 18.0 Å². The molecule has 0 saturated carbocycles. The molecule has 170 valence electrons. The van der Waals surface area contributed by atoms with Crippen LogP contribution in [0.2, 0.25) is 0 Å². The van der Waals surface area contributed by atoms with Gasteiger partial charge >= 0.3 is 12.1 Å². The first-order valence-corrected chi connectivity index (χ1v) is 11.0. The van der Waals surface area contributed by atoms with Crippen LogP contribution in [0, 0.1) is 0 Å². The first-order chi connectivity index (χ1) is 14.1. The minimum absolute atomic E-state index is 0.101. The fourth-order valence-electron chi connectivity index (χ4n) is 4.08. The lowest BCUT2D eigenvalue weighted by molar-refractivity contribution is -0.192. The van der Waals surface area contributed by atoms with Gasteiger partial charge in [-0.25, -0.2) is 4.79 Å². The number of carboxylic acid groups (broad SMARTS) is 1. The van der Waals surface area contributed by atoms with Crippen LogP contribution in [0.5, 0.6) is 0 Å². The summed E-state index contributed by atoms with van der Waals surface area (Å²) in [5.74, 6) is -2.51. The Labute approximate surface area is 178 Å². The van der Waals surface area contributed by atoms with Gasteiger partial charge in [-0.1, -0.05) is 13.8 Å². The maximum atomic E-state index is 12.5. The number of thiophene rings is 1. The first-order valence-electron chi connectivity index (χ1n) is 10.1. The minimum Gasteiger partial charge on any atom is -0.475 e. The van der Waals surface area contributed by atoms with Crippen LogP contribution < -0.4 is 0 Å². The van der Waals surface area contributed by atoms with Crippen LogP contribution >= 0.6 is 11.3 Å². The van der Waals surface area contributed by atoms with Crippen molar-refractivity contribution in [3.05, 3.63) is 22.4 Å². The predicted octanol–water partition coefficient (Wildman–Crippen LogP) is 3.42. The highest BCUT2D eigenvalue weighted by Crippen LogP contribution is 2.36. The highest BCUT2D eigenvalue weighted by molar-refractivity contribution is 7.08. The SMILES string of the molecule is CCN(CC)[C@H]1CCO[C@]2(CCN(C(=O)Cc3ccsc3)C2)C1.O=C(O)C(F)(F)F. The lowest BCUT2D eigenvalue weighted by Gasteiger charge is -2.42. The van der Waals surface area contributed by atoms with Crippen molar-refractivity contribution in [3.63, 3.8) is 0 Å². The van der Waals surface area contributed by atoms with E-state index in [2.05, 4.69) is 24.1 Å². The summed E-state index contributed by atoms with van der Waals surface area (Å²) in [7, 11) is 0. The molecular weight excluding hydrogens is 421 g/mol. The molecule has 1 aromatic heterocycles. The third-order valence-corrected chi connectivity index (χ3v) is 6.37. The van der Waals surface area contributed by atoms with Gasteiger partial charge in [-0.05, 0) is 54.7 Å². The summed E-state index contributed by atoms with van der Waals surface area (Å²) in [6, 6.07) is 2.65. The van der Waals surface area contributed by atoms with E-state index in [1.54, 1.807) is 11.3 Å². The number of likely N-dealkylation sites (tertiary alicyclic amines) is 1. The van der Waals surface area contributed by atoms with Gasteiger partial charge in [0.1, 0.15) is 0 Å². The van der Waals surface area contributed by atoms with Crippen molar-refractivity contribution in [2.75, 3.05) is 32.8 Å². The van der Waals surface area contributed by atoms with E-state index in [1.807, 2.05) is 16.3 Å². The Bertz CT molecular complexity index is 695. The van der Waals surface area contributed by atoms with Gasteiger partial charge < -0.3 is 19.6 Å². The maximum Gasteiger partial charge on any atom is 0.490 e. The summed E-state index contributed by atoms with van der Waals surface area (Å²) in [5.41, 5.74) is 1.03. The molecule has 0 bridgehead atoms. The molecule has 2 saturated heterocycles. The fraction of sp³-hybridized carbons (Fsp3) is 0.700. The third-order valence-electron chi connectivity index (χ3n) is 5.64. The average molecular weight is 451 g/mol. The molecule has 2 fully saturated rings. The molecule has 0 radical (unpaired) electrons. The molecule has 2 aliphatic heterocycles. The second-order valence-corrected chi connectivity index (χ2v) is 8.36. The molecule has 2 atom stereocenters. The van der Waals surface area contributed by atoms with E-state index in [1.165, 1.54) is 0 Å². The average Bonchev–Trinajstić information content (AvgIpc) is 3.33. The van der Waals surface area contributed by atoms with Crippen molar-refractivity contribution >= 4 is 23.2 Å². The Morgan fingerprint density at radius 1 is 1.37 bits per heavy atom. The van der Waals surface area contributed by atoms with Gasteiger partial charge in [-0.2, -0.15) is 24.5 Å². The van der Waals surface area contributed by atoms with Gasteiger partial charge in [0.15, 0.2) is 0 Å². The predicted molar refractivity (Wildman–Crippen MR) is 108 cm³/mol. The molecular formula is C20H29F3N2O4S. The first kappa shape index (κ1) is 24.6. The zero-order valence-corrected chi connectivity index (χ0v) is 18.1. The lowest BCUT2D eigenvalue weighted by atomic mass is 9.88. The molecule has 2 aliphatic rings. The number of carbonyl (C=O) groups excluding carboxylic acids is 1. The largest absolute Gasteiger partial charge is 0.490 e. The van der Waals surface area contributed by atoms with Crippen molar-refractivity contribution in [2.24, 2.45) is 0 Å². The van der Waals surface area contributed by atoms with E-state index in [-0.39, 0.29) is 11.5 Å². The highest BCUT2D eigenvalue weighted by Gasteiger charge is 2.45. The van der Waals surface area contributed by atoms with Gasteiger partial charge in [0, 0.05) is 25.7 Å². The van der Waals surface area contributed by atoms with E-state index < -0.39 is 12.1 Å². The molecule has 30 heavy (non-hydrogen) atoms. The normalized spacial score (nSPS) is 24.1. The molecule has 0 aliphatic carbocycles. The zero-order chi connectivity index (χ0) is 22.4. The number of amides is 1. The van der Waals surface area contributed by atoms with Crippen LogP contribution in [-0.4, -0.2) is 77.4 Å². The highest BCUT2D eigenvalue weighted by atomic mass is 32.1. The van der Waals surface area contributed by atoms with E-state index in [0.29, 0.717) is 12.5 Å². The molecule has 10 heteroatoms. The second kappa shape index (κ2) is 10.6. The minimum atomic E-state index is -5.08. The van der Waals surface area contributed by atoms with E-state index >= 15 is 0 Å². The van der Waals surface area contributed by atoms with Gasteiger partial charge in [0.05, 0.1) is 12.0 Å². The Balaban J connectivity index is 0.000000396. The van der Waals surface area contributed by atoms with Gasteiger partial charge in [-0.3, -0.25) is 4.79 Å². The van der Waals surface area contributed by atoms with Crippen LogP contribution in [0.25, 0.3) is 0 Å². The van der Waals surface area contributed by atoms with Crippen LogP contribution in [-0.2, 0) is 20.7 Å². The number of hydrogen-bond donors (Lipinski definition) is 1. The maximum absolute atomic E-state index is 12.5. The number of hydrogen-bond acceptors (Lipinski definition) is 5. The van der Waals surface area contributed by atoms with Crippen molar-refractivity contribution in [2.45, 2.75) is 57.3 Å². The molecule has 1 N–H and O–H groups in total. The van der Waals surface area contributed by atoms with Crippen LogP contribution in [0.4, 0.5) is 13.2 Å². The Morgan fingerprint density at radius 3 is 2.57 bits per heavy atom. The quantitative estimate of drug-likeness (QED) is 0.745. The van der Waals surface area contributed by atoms with Crippen LogP contribution in [0.3, 0.4) is 0 Å². The number of aliphatic carboxylic acids is 1. The van der Waals surface area contributed by atoms with Gasteiger partial charge in [-0.15, -0.1) is 0 Å². The van der Waals surface area contributed by atoms with Crippen LogP contribution in [0.1, 0.15) is 38.7 Å². The second-order valence-electron chi connectivity index (χ2n) is 7.58. The number of rotatable bonds is 5. The van der Waals surface area contributed by atoms with Crippen molar-refractivity contribution in [3.8, 4) is 0 Å². The summed E-state index contributed by atoms with van der Waals surface area (Å²) >= 11 is 1.65. The Morgan fingerprint density at radius 2 is 2.03 bits per heavy atom. The molecule has 6 nitrogen and oxygen atoms in total. The summed E-state index contributed by atoms with van der Waals surface area (Å²) in [6.45, 7) is 9.10. The molecule has 0 unspecified atom stereocenters. The Hall–Kier alpha value is -1.65. The topological polar surface area (TPSA) is 70.1 Å². The van der Waals surface area contributed by atoms with Crippen molar-refractivity contribution < 1.29 is 32.6 Å². The van der Waals surface area contributed by atoms with Crippen molar-refractivity contribution in [1.82, 2.24) is 9.80 Å². The molecule has 1 amide bonds. The molecule has 3 rings (SSSR count). The molecule has 0 aromatic carbocycles. The summed E-state index contributed by atoms with van der Waals surface area (Å²) in [4.78, 5) is 26.0. The smallest absolute Gasteiger partial charge is 0.475 e. The molecule has 3 heterocycles. The number of carbonyl (C=O) groups is 2. The molecule has 1 aromatic rings. The third kappa shape index (κ3) is 6.68. The number of nitrogens with zero attached hydrogens (tertiary/aromatic N) is 2. The summed E-state index contributed by atoms with van der Waals surface area (Å²) < 4.78 is 37.9. The summed E-state index contributed by atoms with van der Waals surface area (Å²) in [5, 5.41) is 11.2. The zero-order valence-electron chi connectivity index (χ0n) is 17.3. The molecule has 1 spiro atoms. The number of alkyl halides is 3. The van der Waals surface area contributed by atoms with Gasteiger partial charge in [0.25, 0.3) is 0 Å². The number of halogens is 3. The number of ether oxygens (including phenoxy) is 1. The lowest BCUT2D eigenvalue weighted by Crippen LogP contribution is -2.50. The van der Waals surface area contributed by atoms with Crippen molar-refractivity contribution in [1.29, 1.82) is 0 Å². The van der Waals surface area contributed by atoms with E-state index in [0.717, 1.165) is 57.6 Å². The standard InChI is InChI=1S/C18H28N2O2S.C2HF3O2/c1-3-19(4-2)16-5-9-22-18(12-16)7-8-20(14-18)17(21)11-15-6-10-23-13-15;3-2(4,5)1(6)7/h6,10,13,16H,3-5,7-9,11-12,14H2,1-2H3;(H,6,7)/t16-,18+;/m0./s1. The Kier molecular flexibility index (Phi) is 8.69. The van der Waals surface area contributed by atoms with E-state index in [4.69, 9.17) is 14.6 Å². The monoisotopic (exact) mass is 450 g/mol. The number of carboxylic acids is 1. The van der Waals surface area contributed by atoms with Gasteiger partial charge in [0.2, 0.25) is 5.91 Å².